The highest BCUT2D eigenvalue weighted by molar-refractivity contribution is 5.81. The molecule has 2 aromatic rings. The maximum absolute atomic E-state index is 11.0. The minimum Gasteiger partial charge on any atom is -0.619 e. The number of fused-ring (bicyclic) bond motifs is 1. The van der Waals surface area contributed by atoms with Gasteiger partial charge in [0.2, 0.25) is 0 Å². The summed E-state index contributed by atoms with van der Waals surface area (Å²) < 4.78 is 0.815. The van der Waals surface area contributed by atoms with Crippen molar-refractivity contribution >= 4 is 10.8 Å². The Morgan fingerprint density at radius 2 is 2.14 bits per heavy atom. The quantitative estimate of drug-likeness (QED) is 0.400. The van der Waals surface area contributed by atoms with Crippen molar-refractivity contribution in [2.45, 2.75) is 6.42 Å². The molecule has 2 rings (SSSR count). The Hall–Kier alpha value is -1.83. The van der Waals surface area contributed by atoms with Crippen LogP contribution in [0.5, 0.6) is 0 Å². The zero-order chi connectivity index (χ0) is 9.97. The van der Waals surface area contributed by atoms with E-state index in [0.717, 1.165) is 21.9 Å². The average molecular weight is 185 g/mol. The molecule has 0 fully saturated rings. The van der Waals surface area contributed by atoms with Crippen LogP contribution in [0, 0.1) is 5.21 Å². The molecule has 0 spiro atoms. The van der Waals surface area contributed by atoms with Crippen molar-refractivity contribution in [1.29, 1.82) is 0 Å². The predicted molar refractivity (Wildman–Crippen MR) is 56.8 cm³/mol. The third kappa shape index (κ3) is 1.59. The summed E-state index contributed by atoms with van der Waals surface area (Å²) in [6.45, 7) is 3.70. The Morgan fingerprint density at radius 3 is 2.93 bits per heavy atom. The monoisotopic (exact) mass is 185 g/mol. The average Bonchev–Trinajstić information content (AvgIpc) is 2.19. The molecular weight excluding hydrogens is 174 g/mol. The van der Waals surface area contributed by atoms with Gasteiger partial charge in [-0.05, 0) is 23.4 Å². The smallest absolute Gasteiger partial charge is 0.188 e. The minimum atomic E-state index is 0.815. The van der Waals surface area contributed by atoms with Crippen molar-refractivity contribution in [3.8, 4) is 0 Å². The molecule has 1 aromatic carbocycles. The van der Waals surface area contributed by atoms with Crippen molar-refractivity contribution in [3.05, 3.63) is 60.1 Å². The minimum absolute atomic E-state index is 0.815. The van der Waals surface area contributed by atoms with Gasteiger partial charge in [-0.2, -0.15) is 4.73 Å². The summed E-state index contributed by atoms with van der Waals surface area (Å²) in [7, 11) is 0. The number of hydrogen-bond acceptors (Lipinski definition) is 1. The summed E-state index contributed by atoms with van der Waals surface area (Å²) in [5.74, 6) is 0. The summed E-state index contributed by atoms with van der Waals surface area (Å²) >= 11 is 0. The molecule has 0 atom stereocenters. The maximum Gasteiger partial charge on any atom is 0.188 e. The zero-order valence-corrected chi connectivity index (χ0v) is 7.81. The van der Waals surface area contributed by atoms with Gasteiger partial charge in [0, 0.05) is 11.5 Å². The molecule has 0 aliphatic heterocycles. The lowest BCUT2D eigenvalue weighted by atomic mass is 10.1. The van der Waals surface area contributed by atoms with Gasteiger partial charge in [-0.15, -0.1) is 6.58 Å². The van der Waals surface area contributed by atoms with Crippen molar-refractivity contribution in [1.82, 2.24) is 0 Å². The van der Waals surface area contributed by atoms with E-state index >= 15 is 0 Å². The molecule has 0 aliphatic rings. The number of hydrogen-bond donors (Lipinski definition) is 0. The Kier molecular flexibility index (Phi) is 2.19. The van der Waals surface area contributed by atoms with Gasteiger partial charge >= 0.3 is 0 Å². The van der Waals surface area contributed by atoms with E-state index in [9.17, 15) is 5.21 Å². The second kappa shape index (κ2) is 3.50. The Morgan fingerprint density at radius 1 is 1.29 bits per heavy atom. The molecule has 0 bridgehead atoms. The SMILES string of the molecule is C=CCc1ccc2c[n+]([O-])ccc2c1. The number of pyridine rings is 1. The van der Waals surface area contributed by atoms with Crippen LogP contribution in [-0.2, 0) is 6.42 Å². The first-order valence-corrected chi connectivity index (χ1v) is 4.52. The molecule has 1 aromatic heterocycles. The fraction of sp³-hybridized carbons (Fsp3) is 0.0833. The Balaban J connectivity index is 2.55. The topological polar surface area (TPSA) is 26.9 Å². The summed E-state index contributed by atoms with van der Waals surface area (Å²) in [4.78, 5) is 0. The summed E-state index contributed by atoms with van der Waals surface area (Å²) in [5.41, 5.74) is 1.22. The van der Waals surface area contributed by atoms with Gasteiger partial charge in [-0.1, -0.05) is 18.2 Å². The fourth-order valence-electron chi connectivity index (χ4n) is 1.51. The van der Waals surface area contributed by atoms with E-state index in [1.807, 2.05) is 24.3 Å². The normalized spacial score (nSPS) is 10.3. The molecule has 70 valence electrons. The Labute approximate surface area is 82.7 Å². The fourth-order valence-corrected chi connectivity index (χ4v) is 1.51. The van der Waals surface area contributed by atoms with E-state index in [1.54, 1.807) is 6.20 Å². The van der Waals surface area contributed by atoms with Crippen LogP contribution in [0.15, 0.2) is 49.3 Å². The van der Waals surface area contributed by atoms with Crippen LogP contribution in [-0.4, -0.2) is 0 Å². The van der Waals surface area contributed by atoms with Crippen molar-refractivity contribution in [2.75, 3.05) is 0 Å². The van der Waals surface area contributed by atoms with Crippen molar-refractivity contribution in [2.24, 2.45) is 0 Å². The Bertz CT molecular complexity index is 477. The highest BCUT2D eigenvalue weighted by atomic mass is 16.5. The molecule has 0 radical (unpaired) electrons. The molecule has 2 heteroatoms. The summed E-state index contributed by atoms with van der Waals surface area (Å²) in [6, 6.07) is 7.89. The van der Waals surface area contributed by atoms with E-state index in [0.29, 0.717) is 0 Å². The third-order valence-corrected chi connectivity index (χ3v) is 2.20. The number of allylic oxidation sites excluding steroid dienone is 1. The lowest BCUT2D eigenvalue weighted by Crippen LogP contribution is -2.23. The highest BCUT2D eigenvalue weighted by Crippen LogP contribution is 2.14. The lowest BCUT2D eigenvalue weighted by Gasteiger charge is -2.01. The maximum atomic E-state index is 11.0. The summed E-state index contributed by atoms with van der Waals surface area (Å²) in [5, 5.41) is 13.1. The van der Waals surface area contributed by atoms with E-state index in [2.05, 4.69) is 12.6 Å². The number of benzene rings is 1. The van der Waals surface area contributed by atoms with Gasteiger partial charge < -0.3 is 5.21 Å². The predicted octanol–water partition coefficient (Wildman–Crippen LogP) is 2.20. The van der Waals surface area contributed by atoms with Crippen LogP contribution < -0.4 is 4.73 Å². The molecule has 0 amide bonds. The highest BCUT2D eigenvalue weighted by Gasteiger charge is 1.98. The third-order valence-electron chi connectivity index (χ3n) is 2.20. The van der Waals surface area contributed by atoms with Crippen molar-refractivity contribution < 1.29 is 4.73 Å². The van der Waals surface area contributed by atoms with Crippen LogP contribution in [0.25, 0.3) is 10.8 Å². The van der Waals surface area contributed by atoms with E-state index in [4.69, 9.17) is 0 Å². The second-order valence-corrected chi connectivity index (χ2v) is 3.26. The molecule has 0 saturated heterocycles. The van der Waals surface area contributed by atoms with Crippen LogP contribution >= 0.6 is 0 Å². The summed E-state index contributed by atoms with van der Waals surface area (Å²) in [6.07, 6.45) is 5.83. The van der Waals surface area contributed by atoms with Gasteiger partial charge in [-0.3, -0.25) is 0 Å². The van der Waals surface area contributed by atoms with Crippen LogP contribution in [0.2, 0.25) is 0 Å². The number of aromatic nitrogens is 1. The van der Waals surface area contributed by atoms with Crippen molar-refractivity contribution in [3.63, 3.8) is 0 Å². The van der Waals surface area contributed by atoms with Crippen LogP contribution in [0.1, 0.15) is 5.56 Å². The molecule has 0 aliphatic carbocycles. The largest absolute Gasteiger partial charge is 0.619 e. The van der Waals surface area contributed by atoms with E-state index in [-0.39, 0.29) is 0 Å². The first-order valence-electron chi connectivity index (χ1n) is 4.52. The van der Waals surface area contributed by atoms with E-state index < -0.39 is 0 Å². The standard InChI is InChI=1S/C12H11NO/c1-2-3-10-4-5-12-9-13(14)7-6-11(12)8-10/h2,4-9H,1,3H2. The second-order valence-electron chi connectivity index (χ2n) is 3.26. The molecule has 0 N–H and O–H groups in total. The van der Waals surface area contributed by atoms with Gasteiger partial charge in [0.25, 0.3) is 0 Å². The van der Waals surface area contributed by atoms with Gasteiger partial charge in [-0.25, -0.2) is 0 Å². The number of nitrogens with zero attached hydrogens (tertiary/aromatic N) is 1. The zero-order valence-electron chi connectivity index (χ0n) is 7.81. The molecule has 14 heavy (non-hydrogen) atoms. The van der Waals surface area contributed by atoms with Crippen LogP contribution in [0.3, 0.4) is 0 Å². The first-order chi connectivity index (χ1) is 6.79. The van der Waals surface area contributed by atoms with Gasteiger partial charge in [0.15, 0.2) is 12.4 Å². The molecule has 0 saturated carbocycles. The van der Waals surface area contributed by atoms with Gasteiger partial charge in [0.05, 0.1) is 0 Å². The van der Waals surface area contributed by atoms with E-state index in [1.165, 1.54) is 11.8 Å². The molecular formula is C12H11NO. The first kappa shape index (κ1) is 8.75. The molecule has 1 heterocycles. The number of rotatable bonds is 2. The molecule has 0 unspecified atom stereocenters. The molecule has 2 nitrogen and oxygen atoms in total. The van der Waals surface area contributed by atoms with Gasteiger partial charge in [0.1, 0.15) is 0 Å². The van der Waals surface area contributed by atoms with Crippen LogP contribution in [0.4, 0.5) is 0 Å². The lowest BCUT2D eigenvalue weighted by molar-refractivity contribution is -0.603.